The lowest BCUT2D eigenvalue weighted by Gasteiger charge is -2.32. The van der Waals surface area contributed by atoms with Crippen LogP contribution >= 0.6 is 0 Å². The molecule has 0 amide bonds. The Morgan fingerprint density at radius 2 is 1.68 bits per heavy atom. The number of H-pyrrole nitrogens is 1. The molecule has 8 heteroatoms. The number of hydrogen-bond acceptors (Lipinski definition) is 6. The minimum Gasteiger partial charge on any atom is -0.385 e. The molecule has 3 aromatic rings. The molecule has 1 aromatic heterocycles. The van der Waals surface area contributed by atoms with Gasteiger partial charge in [-0.2, -0.15) is 0 Å². The van der Waals surface area contributed by atoms with Crippen LogP contribution in [0.1, 0.15) is 22.9 Å². The van der Waals surface area contributed by atoms with E-state index < -0.39 is 41.4 Å². The van der Waals surface area contributed by atoms with Crippen molar-refractivity contribution in [1.82, 2.24) is 9.55 Å². The number of aliphatic hydroxyl groups excluding tert-OH is 1. The van der Waals surface area contributed by atoms with Crippen molar-refractivity contribution >= 4 is 0 Å². The van der Waals surface area contributed by atoms with Gasteiger partial charge in [-0.3, -0.25) is 14.3 Å². The number of aromatic nitrogens is 2. The zero-order valence-electron chi connectivity index (χ0n) is 18.7. The summed E-state index contributed by atoms with van der Waals surface area (Å²) in [6, 6.07) is 19.4. The number of benzene rings is 2. The fourth-order valence-corrected chi connectivity index (χ4v) is 4.50. The van der Waals surface area contributed by atoms with Crippen LogP contribution in [0.25, 0.3) is 0 Å². The maximum Gasteiger partial charge on any atom is 0.330 e. The summed E-state index contributed by atoms with van der Waals surface area (Å²) in [7, 11) is 0. The Morgan fingerprint density at radius 1 is 1.03 bits per heavy atom. The first-order chi connectivity index (χ1) is 16.5. The van der Waals surface area contributed by atoms with E-state index >= 15 is 0 Å². The van der Waals surface area contributed by atoms with Crippen molar-refractivity contribution in [3.05, 3.63) is 117 Å². The number of ether oxygens (including phenoxy) is 3. The summed E-state index contributed by atoms with van der Waals surface area (Å²) in [5.74, 6) is 0. The molecule has 0 radical (unpaired) electrons. The molecule has 0 bridgehead atoms. The lowest BCUT2D eigenvalue weighted by Crippen LogP contribution is -2.49. The molecule has 2 aromatic carbocycles. The highest BCUT2D eigenvalue weighted by molar-refractivity contribution is 5.28. The Kier molecular flexibility index (Phi) is 6.05. The summed E-state index contributed by atoms with van der Waals surface area (Å²) in [5, 5.41) is 11.4. The first kappa shape index (κ1) is 22.5. The summed E-state index contributed by atoms with van der Waals surface area (Å²) < 4.78 is 19.9. The number of aromatic amines is 1. The van der Waals surface area contributed by atoms with Crippen molar-refractivity contribution in [2.45, 2.75) is 50.3 Å². The smallest absolute Gasteiger partial charge is 0.330 e. The van der Waals surface area contributed by atoms with Gasteiger partial charge < -0.3 is 19.3 Å². The lowest BCUT2D eigenvalue weighted by molar-refractivity contribution is -0.129. The van der Waals surface area contributed by atoms with Gasteiger partial charge in [0.1, 0.15) is 23.9 Å². The molecule has 2 heterocycles. The molecule has 8 nitrogen and oxygen atoms in total. The number of nitrogens with one attached hydrogen (secondary N) is 1. The van der Waals surface area contributed by atoms with Crippen molar-refractivity contribution in [3.63, 3.8) is 0 Å². The molecule has 0 spiro atoms. The molecule has 2 N–H and O–H groups in total. The molecule has 1 saturated heterocycles. The Labute approximate surface area is 196 Å². The van der Waals surface area contributed by atoms with E-state index in [-0.39, 0.29) is 6.61 Å². The maximum absolute atomic E-state index is 12.5. The average Bonchev–Trinajstić information content (AvgIpc) is 3.34. The van der Waals surface area contributed by atoms with Gasteiger partial charge in [0, 0.05) is 11.8 Å². The van der Waals surface area contributed by atoms with Crippen LogP contribution < -0.4 is 11.2 Å². The molecule has 1 aliphatic heterocycles. The monoisotopic (exact) mass is 462 g/mol. The predicted octanol–water partition coefficient (Wildman–Crippen LogP) is 2.21. The van der Waals surface area contributed by atoms with Crippen molar-refractivity contribution in [3.8, 4) is 0 Å². The normalized spacial score (nSPS) is 27.7. The molecule has 2 aliphatic rings. The van der Waals surface area contributed by atoms with Gasteiger partial charge in [0.05, 0.1) is 13.2 Å². The molecule has 1 fully saturated rings. The molecule has 176 valence electrons. The number of aryl methyl sites for hydroxylation is 1. The van der Waals surface area contributed by atoms with E-state index in [2.05, 4.69) is 4.98 Å². The Morgan fingerprint density at radius 3 is 2.35 bits per heavy atom. The van der Waals surface area contributed by atoms with Crippen molar-refractivity contribution < 1.29 is 19.3 Å². The number of hydrogen-bond donors (Lipinski definition) is 2. The first-order valence-corrected chi connectivity index (χ1v) is 11.2. The number of nitrogens with zero attached hydrogens (tertiary/aromatic N) is 1. The second-order valence-electron chi connectivity index (χ2n) is 8.62. The van der Waals surface area contributed by atoms with Crippen molar-refractivity contribution in [2.24, 2.45) is 0 Å². The van der Waals surface area contributed by atoms with Gasteiger partial charge in [-0.15, -0.1) is 0 Å². The van der Waals surface area contributed by atoms with Crippen LogP contribution in [0.2, 0.25) is 0 Å². The van der Waals surface area contributed by atoms with Gasteiger partial charge >= 0.3 is 5.69 Å². The van der Waals surface area contributed by atoms with E-state index in [0.29, 0.717) is 12.2 Å². The molecular weight excluding hydrogens is 436 g/mol. The van der Waals surface area contributed by atoms with Crippen LogP contribution in [0.15, 0.2) is 88.6 Å². The SMILES string of the molecule is Cc1cn([C@@H]2O[C@@H]3[C@H](OCc4ccccc4)C=C[C@]3(OCc3ccccc3)[C@@H]2O)c(=O)[nH]c1=O. The van der Waals surface area contributed by atoms with Gasteiger partial charge in [0.2, 0.25) is 0 Å². The summed E-state index contributed by atoms with van der Waals surface area (Å²) in [5.41, 5.74) is -0.104. The Hall–Kier alpha value is -3.30. The largest absolute Gasteiger partial charge is 0.385 e. The van der Waals surface area contributed by atoms with Gasteiger partial charge in [-0.05, 0) is 24.1 Å². The molecule has 0 saturated carbocycles. The highest BCUT2D eigenvalue weighted by Crippen LogP contribution is 2.46. The molecular formula is C26H26N2O6. The van der Waals surface area contributed by atoms with Gasteiger partial charge in [-0.25, -0.2) is 4.79 Å². The number of fused-ring (bicyclic) bond motifs is 1. The third-order valence-electron chi connectivity index (χ3n) is 6.34. The molecule has 34 heavy (non-hydrogen) atoms. The van der Waals surface area contributed by atoms with E-state index in [4.69, 9.17) is 14.2 Å². The van der Waals surface area contributed by atoms with Gasteiger partial charge in [-0.1, -0.05) is 66.7 Å². The van der Waals surface area contributed by atoms with Crippen molar-refractivity contribution in [2.75, 3.05) is 0 Å². The standard InChI is InChI=1S/C26H26N2O6/c1-17-14-28(25(31)27-23(17)30)24-21(29)26(33-16-19-10-6-3-7-11-19)13-12-20(22(26)34-24)32-15-18-8-4-2-5-9-18/h2-14,20-22,24,29H,15-16H2,1H3,(H,27,30,31)/t20-,21-,22-,24-,26+/m1/s1. The molecule has 1 aliphatic carbocycles. The summed E-state index contributed by atoms with van der Waals surface area (Å²) in [6.45, 7) is 2.17. The quantitative estimate of drug-likeness (QED) is 0.522. The minimum atomic E-state index is -1.23. The number of rotatable bonds is 7. The summed E-state index contributed by atoms with van der Waals surface area (Å²) >= 11 is 0. The second-order valence-corrected chi connectivity index (χ2v) is 8.62. The maximum atomic E-state index is 12.5. The van der Waals surface area contributed by atoms with Crippen molar-refractivity contribution in [1.29, 1.82) is 0 Å². The highest BCUT2D eigenvalue weighted by atomic mass is 16.6. The fourth-order valence-electron chi connectivity index (χ4n) is 4.50. The lowest BCUT2D eigenvalue weighted by atomic mass is 9.94. The minimum absolute atomic E-state index is 0.236. The summed E-state index contributed by atoms with van der Waals surface area (Å²) in [4.78, 5) is 26.7. The van der Waals surface area contributed by atoms with Gasteiger partial charge in [0.15, 0.2) is 6.23 Å². The van der Waals surface area contributed by atoms with Crippen LogP contribution in [0.3, 0.4) is 0 Å². The first-order valence-electron chi connectivity index (χ1n) is 11.2. The molecule has 5 rings (SSSR count). The Bertz CT molecular complexity index is 1290. The van der Waals surface area contributed by atoms with Crippen LogP contribution in [0.5, 0.6) is 0 Å². The average molecular weight is 463 g/mol. The van der Waals surface area contributed by atoms with Gasteiger partial charge in [0.25, 0.3) is 5.56 Å². The van der Waals surface area contributed by atoms with Crippen LogP contribution in [0, 0.1) is 6.92 Å². The number of aliphatic hydroxyl groups is 1. The fraction of sp³-hybridized carbons (Fsp3) is 0.308. The third kappa shape index (κ3) is 4.05. The highest BCUT2D eigenvalue weighted by Gasteiger charge is 2.62. The Balaban J connectivity index is 1.45. The van der Waals surface area contributed by atoms with E-state index in [0.717, 1.165) is 11.1 Å². The zero-order valence-corrected chi connectivity index (χ0v) is 18.7. The van der Waals surface area contributed by atoms with E-state index in [1.165, 1.54) is 10.8 Å². The van der Waals surface area contributed by atoms with E-state index in [9.17, 15) is 14.7 Å². The third-order valence-corrected chi connectivity index (χ3v) is 6.34. The second kappa shape index (κ2) is 9.15. The molecule has 5 atom stereocenters. The van der Waals surface area contributed by atoms with E-state index in [1.54, 1.807) is 13.0 Å². The van der Waals surface area contributed by atoms with Crippen LogP contribution in [-0.2, 0) is 27.4 Å². The van der Waals surface area contributed by atoms with E-state index in [1.807, 2.05) is 66.7 Å². The van der Waals surface area contributed by atoms with Crippen LogP contribution in [0.4, 0.5) is 0 Å². The predicted molar refractivity (Wildman–Crippen MR) is 124 cm³/mol. The molecule has 0 unspecified atom stereocenters. The topological polar surface area (TPSA) is 103 Å². The summed E-state index contributed by atoms with van der Waals surface area (Å²) in [6.07, 6.45) is 1.52. The van der Waals surface area contributed by atoms with Crippen LogP contribution in [-0.4, -0.2) is 38.6 Å². The zero-order chi connectivity index (χ0) is 23.7.